The maximum Gasteiger partial charge on any atom is 0.133 e. The lowest BCUT2D eigenvalue weighted by atomic mass is 9.85. The molecule has 0 saturated carbocycles. The molecule has 0 aliphatic rings. The molecule has 0 saturated heterocycles. The molecule has 0 rings (SSSR count). The van der Waals surface area contributed by atoms with Crippen molar-refractivity contribution in [2.75, 3.05) is 27.4 Å². The number of aldehydes is 2. The Morgan fingerprint density at radius 1 is 1.00 bits per heavy atom. The first-order chi connectivity index (χ1) is 6.24. The summed E-state index contributed by atoms with van der Waals surface area (Å²) in [5.41, 5.74) is -0.925. The fourth-order valence-electron chi connectivity index (χ4n) is 0.973. The van der Waals surface area contributed by atoms with Crippen LogP contribution in [0.15, 0.2) is 0 Å². The summed E-state index contributed by atoms with van der Waals surface area (Å²) >= 11 is 0. The highest BCUT2D eigenvalue weighted by Gasteiger charge is 2.28. The average Bonchev–Trinajstić information content (AvgIpc) is 2.20. The molecule has 0 amide bonds. The van der Waals surface area contributed by atoms with E-state index in [0.717, 1.165) is 0 Å². The van der Waals surface area contributed by atoms with Gasteiger partial charge in [-0.2, -0.15) is 0 Å². The van der Waals surface area contributed by atoms with Gasteiger partial charge in [0.25, 0.3) is 0 Å². The topological polar surface area (TPSA) is 52.6 Å². The normalized spacial score (nSPS) is 11.2. The predicted octanol–water partition coefficient (Wildman–Crippen LogP) is 0.444. The Morgan fingerprint density at radius 2 is 1.38 bits per heavy atom. The number of ether oxygens (including phenoxy) is 2. The van der Waals surface area contributed by atoms with Crippen LogP contribution in [0.4, 0.5) is 0 Å². The largest absolute Gasteiger partial charge is 0.385 e. The Hall–Kier alpha value is -0.740. The van der Waals surface area contributed by atoms with Crippen LogP contribution in [0.1, 0.15) is 12.8 Å². The van der Waals surface area contributed by atoms with Gasteiger partial charge in [0.15, 0.2) is 0 Å². The molecule has 0 aromatic heterocycles. The zero-order valence-electron chi connectivity index (χ0n) is 8.12. The monoisotopic (exact) mass is 188 g/mol. The van der Waals surface area contributed by atoms with Gasteiger partial charge in [-0.1, -0.05) is 0 Å². The highest BCUT2D eigenvalue weighted by molar-refractivity contribution is 5.83. The summed E-state index contributed by atoms with van der Waals surface area (Å²) in [5.74, 6) is 0. The van der Waals surface area contributed by atoms with E-state index in [9.17, 15) is 9.59 Å². The van der Waals surface area contributed by atoms with Crippen molar-refractivity contribution < 1.29 is 19.1 Å². The van der Waals surface area contributed by atoms with Crippen molar-refractivity contribution in [3.05, 3.63) is 0 Å². The molecule has 76 valence electrons. The molecule has 0 unspecified atom stereocenters. The Balaban J connectivity index is 4.13. The summed E-state index contributed by atoms with van der Waals surface area (Å²) in [4.78, 5) is 21.5. The molecule has 0 aromatic rings. The highest BCUT2D eigenvalue weighted by atomic mass is 16.5. The van der Waals surface area contributed by atoms with Crippen molar-refractivity contribution in [2.45, 2.75) is 12.8 Å². The fraction of sp³-hybridized carbons (Fsp3) is 0.778. The van der Waals surface area contributed by atoms with Gasteiger partial charge in [-0.15, -0.1) is 0 Å². The van der Waals surface area contributed by atoms with Crippen molar-refractivity contribution in [3.8, 4) is 0 Å². The van der Waals surface area contributed by atoms with E-state index in [4.69, 9.17) is 9.47 Å². The molecule has 0 spiro atoms. The van der Waals surface area contributed by atoms with Crippen LogP contribution in [0, 0.1) is 5.41 Å². The highest BCUT2D eigenvalue weighted by Crippen LogP contribution is 2.20. The van der Waals surface area contributed by atoms with Gasteiger partial charge in [0.05, 0.1) is 5.41 Å². The average molecular weight is 188 g/mol. The van der Waals surface area contributed by atoms with Gasteiger partial charge in [0.1, 0.15) is 12.6 Å². The maximum atomic E-state index is 10.7. The van der Waals surface area contributed by atoms with Crippen molar-refractivity contribution in [1.29, 1.82) is 0 Å². The third-order valence-electron chi connectivity index (χ3n) is 2.01. The van der Waals surface area contributed by atoms with Gasteiger partial charge < -0.3 is 19.1 Å². The Kier molecular flexibility index (Phi) is 6.36. The van der Waals surface area contributed by atoms with E-state index >= 15 is 0 Å². The third kappa shape index (κ3) is 4.15. The van der Waals surface area contributed by atoms with Crippen LogP contribution in [0.2, 0.25) is 0 Å². The van der Waals surface area contributed by atoms with E-state index in [1.54, 1.807) is 0 Å². The van der Waals surface area contributed by atoms with Crippen LogP contribution in [0.5, 0.6) is 0 Å². The number of rotatable bonds is 8. The molecule has 13 heavy (non-hydrogen) atoms. The zero-order valence-corrected chi connectivity index (χ0v) is 8.12. The van der Waals surface area contributed by atoms with E-state index in [2.05, 4.69) is 0 Å². The summed E-state index contributed by atoms with van der Waals surface area (Å²) in [7, 11) is 3.08. The van der Waals surface area contributed by atoms with Crippen LogP contribution in [0.25, 0.3) is 0 Å². The molecule has 0 N–H and O–H groups in total. The molecule has 0 aliphatic heterocycles. The van der Waals surface area contributed by atoms with Gasteiger partial charge in [-0.25, -0.2) is 0 Å². The lowest BCUT2D eigenvalue weighted by molar-refractivity contribution is -0.128. The van der Waals surface area contributed by atoms with Gasteiger partial charge in [-0.05, 0) is 12.8 Å². The van der Waals surface area contributed by atoms with Gasteiger partial charge >= 0.3 is 0 Å². The Morgan fingerprint density at radius 3 is 1.62 bits per heavy atom. The minimum absolute atomic E-state index is 0.404. The third-order valence-corrected chi connectivity index (χ3v) is 2.01. The lowest BCUT2D eigenvalue weighted by Gasteiger charge is -2.19. The second-order valence-corrected chi connectivity index (χ2v) is 2.95. The molecule has 0 aromatic carbocycles. The van der Waals surface area contributed by atoms with Gasteiger partial charge in [-0.3, -0.25) is 0 Å². The summed E-state index contributed by atoms with van der Waals surface area (Å²) in [6.45, 7) is 0.808. The van der Waals surface area contributed by atoms with Gasteiger partial charge in [0.2, 0.25) is 0 Å². The molecule has 0 atom stereocenters. The van der Waals surface area contributed by atoms with E-state index in [-0.39, 0.29) is 0 Å². The van der Waals surface area contributed by atoms with E-state index in [0.29, 0.717) is 38.6 Å². The summed E-state index contributed by atoms with van der Waals surface area (Å²) < 4.78 is 9.64. The first-order valence-electron chi connectivity index (χ1n) is 4.15. The first-order valence-corrected chi connectivity index (χ1v) is 4.15. The van der Waals surface area contributed by atoms with Crippen molar-refractivity contribution in [2.24, 2.45) is 5.41 Å². The molecule has 0 radical (unpaired) electrons. The van der Waals surface area contributed by atoms with Crippen LogP contribution >= 0.6 is 0 Å². The molecule has 4 heteroatoms. The first kappa shape index (κ1) is 12.3. The lowest BCUT2D eigenvalue weighted by Crippen LogP contribution is -2.28. The minimum Gasteiger partial charge on any atom is -0.385 e. The van der Waals surface area contributed by atoms with Crippen LogP contribution in [0.3, 0.4) is 0 Å². The van der Waals surface area contributed by atoms with E-state index in [1.807, 2.05) is 0 Å². The number of carbonyl (C=O) groups is 2. The number of methoxy groups -OCH3 is 2. The van der Waals surface area contributed by atoms with Gasteiger partial charge in [0, 0.05) is 27.4 Å². The van der Waals surface area contributed by atoms with Crippen LogP contribution in [-0.4, -0.2) is 40.0 Å². The smallest absolute Gasteiger partial charge is 0.133 e. The predicted molar refractivity (Wildman–Crippen MR) is 47.5 cm³/mol. The number of hydrogen-bond donors (Lipinski definition) is 0. The number of carbonyl (C=O) groups excluding carboxylic acids is 2. The molecular weight excluding hydrogens is 172 g/mol. The van der Waals surface area contributed by atoms with Crippen LogP contribution in [-0.2, 0) is 19.1 Å². The van der Waals surface area contributed by atoms with Crippen molar-refractivity contribution >= 4 is 12.6 Å². The molecule has 0 heterocycles. The minimum atomic E-state index is -0.925. The van der Waals surface area contributed by atoms with Crippen LogP contribution < -0.4 is 0 Å². The number of hydrogen-bond acceptors (Lipinski definition) is 4. The molecule has 4 nitrogen and oxygen atoms in total. The standard InChI is InChI=1S/C9H16O4/c1-12-5-3-9(7-10,8-11)4-6-13-2/h7-8H,3-6H2,1-2H3. The molecule has 0 bridgehead atoms. The summed E-state index contributed by atoms with van der Waals surface area (Å²) in [6, 6.07) is 0. The second kappa shape index (κ2) is 6.74. The maximum absolute atomic E-state index is 10.7. The van der Waals surface area contributed by atoms with Crippen molar-refractivity contribution in [1.82, 2.24) is 0 Å². The quantitative estimate of drug-likeness (QED) is 0.410. The Labute approximate surface area is 78.2 Å². The summed E-state index contributed by atoms with van der Waals surface area (Å²) in [6.07, 6.45) is 2.19. The second-order valence-electron chi connectivity index (χ2n) is 2.95. The SMILES string of the molecule is COCCC(C=O)(C=O)CCOC. The zero-order chi connectivity index (χ0) is 10.2. The van der Waals surface area contributed by atoms with E-state index < -0.39 is 5.41 Å². The Bertz CT molecular complexity index is 138. The van der Waals surface area contributed by atoms with E-state index in [1.165, 1.54) is 14.2 Å². The fourth-order valence-corrected chi connectivity index (χ4v) is 0.973. The van der Waals surface area contributed by atoms with Crippen molar-refractivity contribution in [3.63, 3.8) is 0 Å². The molecular formula is C9H16O4. The summed E-state index contributed by atoms with van der Waals surface area (Å²) in [5, 5.41) is 0. The molecule has 0 fully saturated rings. The molecule has 0 aliphatic carbocycles.